The summed E-state index contributed by atoms with van der Waals surface area (Å²) in [5, 5.41) is 2.75. The SMILES string of the molecule is CCCOc1ccc(C(=O)NC(Cc2ccccc2)C(=O)OC)cc1Br. The lowest BCUT2D eigenvalue weighted by atomic mass is 10.1. The fraction of sp³-hybridized carbons (Fsp3) is 0.300. The van der Waals surface area contributed by atoms with Crippen LogP contribution in [0.1, 0.15) is 29.3 Å². The van der Waals surface area contributed by atoms with Crippen LogP contribution < -0.4 is 10.1 Å². The van der Waals surface area contributed by atoms with Crippen molar-refractivity contribution in [1.29, 1.82) is 0 Å². The maximum absolute atomic E-state index is 12.6. The number of nitrogens with one attached hydrogen (secondary N) is 1. The van der Waals surface area contributed by atoms with Crippen molar-refractivity contribution in [3.05, 3.63) is 64.1 Å². The van der Waals surface area contributed by atoms with Gasteiger partial charge in [0.2, 0.25) is 0 Å². The molecule has 26 heavy (non-hydrogen) atoms. The molecule has 2 aromatic rings. The van der Waals surface area contributed by atoms with Gasteiger partial charge in [0.05, 0.1) is 18.2 Å². The first-order chi connectivity index (χ1) is 12.5. The molecule has 1 unspecified atom stereocenters. The fourth-order valence-electron chi connectivity index (χ4n) is 2.40. The number of ether oxygens (including phenoxy) is 2. The molecule has 2 aromatic carbocycles. The molecule has 0 fully saturated rings. The van der Waals surface area contributed by atoms with E-state index in [1.54, 1.807) is 18.2 Å². The van der Waals surface area contributed by atoms with Crippen LogP contribution >= 0.6 is 15.9 Å². The number of benzene rings is 2. The van der Waals surface area contributed by atoms with E-state index >= 15 is 0 Å². The second-order valence-corrected chi connectivity index (χ2v) is 6.59. The number of halogens is 1. The molecule has 0 aliphatic heterocycles. The van der Waals surface area contributed by atoms with Crippen LogP contribution in [0.2, 0.25) is 0 Å². The summed E-state index contributed by atoms with van der Waals surface area (Å²) in [6, 6.07) is 13.8. The maximum Gasteiger partial charge on any atom is 0.328 e. The van der Waals surface area contributed by atoms with E-state index in [0.717, 1.165) is 12.0 Å². The lowest BCUT2D eigenvalue weighted by Crippen LogP contribution is -2.43. The summed E-state index contributed by atoms with van der Waals surface area (Å²) in [6.07, 6.45) is 1.26. The molecule has 2 rings (SSSR count). The minimum Gasteiger partial charge on any atom is -0.492 e. The van der Waals surface area contributed by atoms with Crippen molar-refractivity contribution < 1.29 is 19.1 Å². The van der Waals surface area contributed by atoms with Crippen molar-refractivity contribution >= 4 is 27.8 Å². The van der Waals surface area contributed by atoms with Gasteiger partial charge in [-0.2, -0.15) is 0 Å². The average Bonchev–Trinajstić information content (AvgIpc) is 2.66. The highest BCUT2D eigenvalue weighted by Crippen LogP contribution is 2.26. The Morgan fingerprint density at radius 1 is 1.15 bits per heavy atom. The van der Waals surface area contributed by atoms with Gasteiger partial charge >= 0.3 is 5.97 Å². The van der Waals surface area contributed by atoms with Gasteiger partial charge in [0.15, 0.2) is 0 Å². The summed E-state index contributed by atoms with van der Waals surface area (Å²) in [7, 11) is 1.31. The molecule has 5 nitrogen and oxygen atoms in total. The van der Waals surface area contributed by atoms with Crippen molar-refractivity contribution in [2.75, 3.05) is 13.7 Å². The molecule has 0 aliphatic carbocycles. The summed E-state index contributed by atoms with van der Waals surface area (Å²) < 4.78 is 11.1. The predicted molar refractivity (Wildman–Crippen MR) is 103 cm³/mol. The summed E-state index contributed by atoms with van der Waals surface area (Å²) >= 11 is 3.41. The number of rotatable bonds is 8. The number of carbonyl (C=O) groups excluding carboxylic acids is 2. The van der Waals surface area contributed by atoms with Crippen LogP contribution in [-0.2, 0) is 16.0 Å². The summed E-state index contributed by atoms with van der Waals surface area (Å²) in [4.78, 5) is 24.6. The number of amides is 1. The van der Waals surface area contributed by atoms with Gasteiger partial charge in [-0.05, 0) is 46.1 Å². The topological polar surface area (TPSA) is 64.6 Å². The fourth-order valence-corrected chi connectivity index (χ4v) is 2.89. The zero-order chi connectivity index (χ0) is 18.9. The second-order valence-electron chi connectivity index (χ2n) is 5.73. The zero-order valence-electron chi connectivity index (χ0n) is 14.8. The Morgan fingerprint density at radius 3 is 2.50 bits per heavy atom. The summed E-state index contributed by atoms with van der Waals surface area (Å²) in [5.74, 6) is -0.152. The summed E-state index contributed by atoms with van der Waals surface area (Å²) in [5.41, 5.74) is 1.37. The molecule has 0 heterocycles. The van der Waals surface area contributed by atoms with Crippen LogP contribution in [0.25, 0.3) is 0 Å². The van der Waals surface area contributed by atoms with Crippen molar-refractivity contribution in [3.8, 4) is 5.75 Å². The van der Waals surface area contributed by atoms with Gasteiger partial charge in [0, 0.05) is 12.0 Å². The molecule has 1 N–H and O–H groups in total. The van der Waals surface area contributed by atoms with Gasteiger partial charge in [-0.1, -0.05) is 37.3 Å². The average molecular weight is 420 g/mol. The van der Waals surface area contributed by atoms with E-state index in [0.29, 0.717) is 28.8 Å². The molecule has 0 aromatic heterocycles. The molecule has 0 aliphatic rings. The van der Waals surface area contributed by atoms with E-state index in [9.17, 15) is 9.59 Å². The Hall–Kier alpha value is -2.34. The van der Waals surface area contributed by atoms with Crippen molar-refractivity contribution in [1.82, 2.24) is 5.32 Å². The Kier molecular flexibility index (Phi) is 7.66. The smallest absolute Gasteiger partial charge is 0.328 e. The van der Waals surface area contributed by atoms with Crippen LogP contribution in [0.3, 0.4) is 0 Å². The van der Waals surface area contributed by atoms with Gasteiger partial charge < -0.3 is 14.8 Å². The maximum atomic E-state index is 12.6. The molecule has 0 saturated heterocycles. The van der Waals surface area contributed by atoms with E-state index in [4.69, 9.17) is 9.47 Å². The number of hydrogen-bond donors (Lipinski definition) is 1. The van der Waals surface area contributed by atoms with Crippen LogP contribution in [-0.4, -0.2) is 31.6 Å². The minimum atomic E-state index is -0.760. The molecule has 0 bridgehead atoms. The van der Waals surface area contributed by atoms with Gasteiger partial charge in [0.25, 0.3) is 5.91 Å². The van der Waals surface area contributed by atoms with Crippen LogP contribution in [0.15, 0.2) is 53.0 Å². The number of hydrogen-bond acceptors (Lipinski definition) is 4. The van der Waals surface area contributed by atoms with E-state index in [-0.39, 0.29) is 5.91 Å². The van der Waals surface area contributed by atoms with Gasteiger partial charge in [0.1, 0.15) is 11.8 Å². The molecule has 138 valence electrons. The van der Waals surface area contributed by atoms with Gasteiger partial charge in [-0.25, -0.2) is 4.79 Å². The summed E-state index contributed by atoms with van der Waals surface area (Å²) in [6.45, 7) is 2.63. The Balaban J connectivity index is 2.11. The number of methoxy groups -OCH3 is 1. The molecule has 0 saturated carbocycles. The highest BCUT2D eigenvalue weighted by molar-refractivity contribution is 9.10. The van der Waals surface area contributed by atoms with E-state index in [1.807, 2.05) is 37.3 Å². The molecular formula is C20H22BrNO4. The predicted octanol–water partition coefficient (Wildman–Crippen LogP) is 3.75. The van der Waals surface area contributed by atoms with Crippen molar-refractivity contribution in [2.24, 2.45) is 0 Å². The number of carbonyl (C=O) groups is 2. The Morgan fingerprint density at radius 2 is 1.88 bits per heavy atom. The Labute approximate surface area is 161 Å². The second kappa shape index (κ2) is 9.97. The van der Waals surface area contributed by atoms with E-state index < -0.39 is 12.0 Å². The molecule has 6 heteroatoms. The van der Waals surface area contributed by atoms with Crippen molar-refractivity contribution in [3.63, 3.8) is 0 Å². The molecule has 1 atom stereocenters. The third-order valence-electron chi connectivity index (χ3n) is 3.73. The van der Waals surface area contributed by atoms with Crippen molar-refractivity contribution in [2.45, 2.75) is 25.8 Å². The quantitative estimate of drug-likeness (QED) is 0.661. The highest BCUT2D eigenvalue weighted by atomic mass is 79.9. The third-order valence-corrected chi connectivity index (χ3v) is 4.35. The van der Waals surface area contributed by atoms with E-state index in [1.165, 1.54) is 7.11 Å². The van der Waals surface area contributed by atoms with E-state index in [2.05, 4.69) is 21.2 Å². The van der Waals surface area contributed by atoms with Crippen LogP contribution in [0.5, 0.6) is 5.75 Å². The minimum absolute atomic E-state index is 0.348. The molecular weight excluding hydrogens is 398 g/mol. The Bertz CT molecular complexity index is 749. The first kappa shape index (κ1) is 20.0. The highest BCUT2D eigenvalue weighted by Gasteiger charge is 2.23. The van der Waals surface area contributed by atoms with Gasteiger partial charge in [-0.15, -0.1) is 0 Å². The molecule has 0 spiro atoms. The number of esters is 1. The first-order valence-corrected chi connectivity index (χ1v) is 9.19. The standard InChI is InChI=1S/C20H22BrNO4/c1-3-11-26-18-10-9-15(13-16(18)21)19(23)22-17(20(24)25-2)12-14-7-5-4-6-8-14/h4-10,13,17H,3,11-12H2,1-2H3,(H,22,23). The van der Waals surface area contributed by atoms with Crippen LogP contribution in [0, 0.1) is 0 Å². The molecule has 0 radical (unpaired) electrons. The third kappa shape index (κ3) is 5.59. The van der Waals surface area contributed by atoms with Gasteiger partial charge in [-0.3, -0.25) is 4.79 Å². The molecule has 1 amide bonds. The monoisotopic (exact) mass is 419 g/mol. The largest absolute Gasteiger partial charge is 0.492 e. The lowest BCUT2D eigenvalue weighted by molar-refractivity contribution is -0.142. The normalized spacial score (nSPS) is 11.5. The van der Waals surface area contributed by atoms with Crippen LogP contribution in [0.4, 0.5) is 0 Å². The zero-order valence-corrected chi connectivity index (χ0v) is 16.4. The lowest BCUT2D eigenvalue weighted by Gasteiger charge is -2.17. The first-order valence-electron chi connectivity index (χ1n) is 8.40.